The number of quaternary nitrogens is 1. The van der Waals surface area contributed by atoms with Crippen molar-refractivity contribution in [2.24, 2.45) is 0 Å². The Balaban J connectivity index is 4.28. The molecule has 0 aliphatic heterocycles. The molecule has 8 nitrogen and oxygen atoms in total. The standard InChI is InChI=1S/C56H97NO7/c1-6-8-10-12-14-16-18-20-22-24-26-27-28-29-31-32-34-36-38-40-42-44-46-54(58)63-51-52(50-62-49-48-53(56(60)61)57(3,4)5)64-55(59)47-45-43-41-39-37-35-33-30-25-23-21-19-17-15-13-11-9-7-2/h8,10,14,16,20,22-23,25-27,30,33,52-53H,6-7,9,11-13,15,17-19,21,24,28-29,31-32,34-51H2,1-5H3/b10-8+,16-14+,22-20+,25-23+,27-26+,33-30+. The van der Waals surface area contributed by atoms with Gasteiger partial charge in [-0.05, 0) is 77.0 Å². The summed E-state index contributed by atoms with van der Waals surface area (Å²) >= 11 is 0. The van der Waals surface area contributed by atoms with E-state index in [1.807, 2.05) is 0 Å². The first kappa shape index (κ1) is 60.8. The van der Waals surface area contributed by atoms with Crippen LogP contribution in [-0.4, -0.2) is 75.5 Å². The zero-order valence-electron chi connectivity index (χ0n) is 41.9. The van der Waals surface area contributed by atoms with Crippen LogP contribution in [0.4, 0.5) is 0 Å². The number of likely N-dealkylation sites (N-methyl/N-ethyl adjacent to an activating group) is 1. The van der Waals surface area contributed by atoms with Crippen LogP contribution < -0.4 is 5.11 Å². The summed E-state index contributed by atoms with van der Waals surface area (Å²) in [5.41, 5.74) is 0. The summed E-state index contributed by atoms with van der Waals surface area (Å²) in [6.07, 6.45) is 59.3. The molecule has 0 aromatic heterocycles. The maximum Gasteiger partial charge on any atom is 0.306 e. The van der Waals surface area contributed by atoms with Gasteiger partial charge in [0.05, 0.1) is 40.3 Å². The number of carboxylic acid groups (broad SMARTS) is 1. The molecule has 64 heavy (non-hydrogen) atoms. The van der Waals surface area contributed by atoms with Gasteiger partial charge in [-0.2, -0.15) is 0 Å². The summed E-state index contributed by atoms with van der Waals surface area (Å²) in [6.45, 7) is 4.53. The highest BCUT2D eigenvalue weighted by atomic mass is 16.6. The lowest BCUT2D eigenvalue weighted by molar-refractivity contribution is -0.889. The van der Waals surface area contributed by atoms with E-state index in [-0.39, 0.29) is 42.7 Å². The summed E-state index contributed by atoms with van der Waals surface area (Å²) in [4.78, 5) is 37.1. The van der Waals surface area contributed by atoms with E-state index in [9.17, 15) is 19.5 Å². The average Bonchev–Trinajstić information content (AvgIpc) is 3.26. The van der Waals surface area contributed by atoms with E-state index in [1.54, 1.807) is 21.1 Å². The van der Waals surface area contributed by atoms with Gasteiger partial charge in [0, 0.05) is 19.3 Å². The fourth-order valence-corrected chi connectivity index (χ4v) is 7.35. The Morgan fingerprint density at radius 2 is 0.922 bits per heavy atom. The summed E-state index contributed by atoms with van der Waals surface area (Å²) in [6, 6.07) is -0.733. The van der Waals surface area contributed by atoms with Crippen molar-refractivity contribution in [3.8, 4) is 0 Å². The molecule has 2 atom stereocenters. The van der Waals surface area contributed by atoms with E-state index in [0.29, 0.717) is 12.8 Å². The number of hydrogen-bond donors (Lipinski definition) is 0. The van der Waals surface area contributed by atoms with Crippen molar-refractivity contribution in [1.82, 2.24) is 0 Å². The van der Waals surface area contributed by atoms with Crippen molar-refractivity contribution in [3.05, 3.63) is 72.9 Å². The molecule has 0 aliphatic rings. The molecule has 0 saturated carbocycles. The molecule has 8 heteroatoms. The lowest BCUT2D eigenvalue weighted by Crippen LogP contribution is -2.55. The Kier molecular flexibility index (Phi) is 44.0. The Hall–Kier alpha value is -3.23. The molecule has 0 bridgehead atoms. The third-order valence-corrected chi connectivity index (χ3v) is 11.4. The van der Waals surface area contributed by atoms with E-state index < -0.39 is 18.1 Å². The van der Waals surface area contributed by atoms with Crippen molar-refractivity contribution in [1.29, 1.82) is 0 Å². The van der Waals surface area contributed by atoms with Crippen molar-refractivity contribution in [2.75, 3.05) is 41.0 Å². The normalized spacial score (nSPS) is 13.5. The summed E-state index contributed by atoms with van der Waals surface area (Å²) < 4.78 is 17.2. The van der Waals surface area contributed by atoms with Crippen molar-refractivity contribution < 1.29 is 38.2 Å². The van der Waals surface area contributed by atoms with Crippen LogP contribution in [0.3, 0.4) is 0 Å². The van der Waals surface area contributed by atoms with E-state index >= 15 is 0 Å². The number of aliphatic carboxylic acids is 1. The Morgan fingerprint density at radius 3 is 1.39 bits per heavy atom. The van der Waals surface area contributed by atoms with Gasteiger partial charge in [-0.1, -0.05) is 189 Å². The molecule has 0 fully saturated rings. The molecule has 0 rings (SSSR count). The highest BCUT2D eigenvalue weighted by Crippen LogP contribution is 2.14. The van der Waals surface area contributed by atoms with Crippen LogP contribution in [-0.2, 0) is 28.6 Å². The molecule has 0 radical (unpaired) electrons. The average molecular weight is 896 g/mol. The number of allylic oxidation sites excluding steroid dienone is 12. The monoisotopic (exact) mass is 896 g/mol. The lowest BCUT2D eigenvalue weighted by atomic mass is 10.1. The van der Waals surface area contributed by atoms with E-state index in [2.05, 4.69) is 86.8 Å². The topological polar surface area (TPSA) is 102 Å². The van der Waals surface area contributed by atoms with Crippen LogP contribution in [0.1, 0.15) is 213 Å². The van der Waals surface area contributed by atoms with Crippen molar-refractivity contribution >= 4 is 17.9 Å². The SMILES string of the molecule is CC/C=C/C/C=C/C/C=C/C/C=C/CCCCCCCCCCCC(=O)OCC(COCCC(C(=O)[O-])[N+](C)(C)C)OC(=O)CCCCCCC/C=C/C=C/CCCCCCCCC. The summed E-state index contributed by atoms with van der Waals surface area (Å²) in [7, 11) is 5.41. The number of carboxylic acids is 1. The zero-order valence-corrected chi connectivity index (χ0v) is 41.9. The van der Waals surface area contributed by atoms with Gasteiger partial charge in [0.2, 0.25) is 0 Å². The minimum absolute atomic E-state index is 0.0300. The first-order valence-electron chi connectivity index (χ1n) is 26.0. The van der Waals surface area contributed by atoms with Gasteiger partial charge in [0.25, 0.3) is 0 Å². The lowest BCUT2D eigenvalue weighted by Gasteiger charge is -2.34. The minimum Gasteiger partial charge on any atom is -0.544 e. The molecular weight excluding hydrogens is 799 g/mol. The summed E-state index contributed by atoms with van der Waals surface area (Å²) in [5, 5.41) is 11.7. The predicted molar refractivity (Wildman–Crippen MR) is 268 cm³/mol. The highest BCUT2D eigenvalue weighted by Gasteiger charge is 2.25. The van der Waals surface area contributed by atoms with Gasteiger partial charge in [0.1, 0.15) is 12.6 Å². The second-order valence-electron chi connectivity index (χ2n) is 18.4. The molecule has 0 heterocycles. The van der Waals surface area contributed by atoms with Crippen LogP contribution in [0.5, 0.6) is 0 Å². The van der Waals surface area contributed by atoms with Gasteiger partial charge in [-0.15, -0.1) is 0 Å². The number of nitrogens with zero attached hydrogens (tertiary/aromatic N) is 1. The molecule has 0 N–H and O–H groups in total. The Bertz CT molecular complexity index is 1270. The van der Waals surface area contributed by atoms with Gasteiger partial charge in [-0.25, -0.2) is 0 Å². The number of unbranched alkanes of at least 4 members (excludes halogenated alkanes) is 21. The van der Waals surface area contributed by atoms with Gasteiger partial charge in [-0.3, -0.25) is 9.59 Å². The predicted octanol–water partition coefficient (Wildman–Crippen LogP) is 13.8. The Morgan fingerprint density at radius 1 is 0.500 bits per heavy atom. The van der Waals surface area contributed by atoms with Crippen molar-refractivity contribution in [2.45, 2.75) is 225 Å². The first-order valence-corrected chi connectivity index (χ1v) is 26.0. The molecular formula is C56H97NO7. The maximum absolute atomic E-state index is 12.8. The first-order chi connectivity index (χ1) is 31.1. The number of hydrogen-bond acceptors (Lipinski definition) is 7. The quantitative estimate of drug-likeness (QED) is 0.0197. The molecule has 0 aliphatic carbocycles. The van der Waals surface area contributed by atoms with Crippen LogP contribution in [0.15, 0.2) is 72.9 Å². The highest BCUT2D eigenvalue weighted by molar-refractivity contribution is 5.70. The number of ether oxygens (including phenoxy) is 3. The van der Waals surface area contributed by atoms with Crippen molar-refractivity contribution in [3.63, 3.8) is 0 Å². The largest absolute Gasteiger partial charge is 0.544 e. The smallest absolute Gasteiger partial charge is 0.306 e. The Labute approximate surface area is 393 Å². The number of carbonyl (C=O) groups is 3. The van der Waals surface area contributed by atoms with Gasteiger partial charge >= 0.3 is 11.9 Å². The molecule has 0 aromatic carbocycles. The van der Waals surface area contributed by atoms with E-state index in [1.165, 1.54) is 83.5 Å². The number of esters is 2. The third-order valence-electron chi connectivity index (χ3n) is 11.4. The fourth-order valence-electron chi connectivity index (χ4n) is 7.35. The van der Waals surface area contributed by atoms with Crippen LogP contribution in [0.25, 0.3) is 0 Å². The molecule has 0 saturated heterocycles. The van der Waals surface area contributed by atoms with Crippen LogP contribution >= 0.6 is 0 Å². The second-order valence-corrected chi connectivity index (χ2v) is 18.4. The number of rotatable bonds is 46. The number of carbonyl (C=O) groups excluding carboxylic acids is 3. The van der Waals surface area contributed by atoms with Crippen LogP contribution in [0.2, 0.25) is 0 Å². The molecule has 368 valence electrons. The van der Waals surface area contributed by atoms with E-state index in [4.69, 9.17) is 14.2 Å². The molecule has 0 amide bonds. The van der Waals surface area contributed by atoms with Gasteiger partial charge < -0.3 is 28.6 Å². The summed E-state index contributed by atoms with van der Waals surface area (Å²) in [5.74, 6) is -1.76. The second kappa shape index (κ2) is 46.3. The third kappa shape index (κ3) is 44.0. The van der Waals surface area contributed by atoms with Crippen LogP contribution in [0, 0.1) is 0 Å². The zero-order chi connectivity index (χ0) is 47.0. The van der Waals surface area contributed by atoms with E-state index in [0.717, 1.165) is 96.3 Å². The molecule has 0 aromatic rings. The maximum atomic E-state index is 12.8. The fraction of sp³-hybridized carbons (Fsp3) is 0.732. The molecule has 0 spiro atoms. The minimum atomic E-state index is -1.13. The molecule has 2 unspecified atom stereocenters. The van der Waals surface area contributed by atoms with Gasteiger partial charge in [0.15, 0.2) is 6.10 Å².